The first-order chi connectivity index (χ1) is 8.31. The largest absolute Gasteiger partial charge is 0.399 e. The number of nitrogens with one attached hydrogen (secondary N) is 1. The summed E-state index contributed by atoms with van der Waals surface area (Å²) in [5, 5.41) is 0. The molecule has 1 atom stereocenters. The molecule has 0 aliphatic carbocycles. The van der Waals surface area contributed by atoms with E-state index < -0.39 is 32.6 Å². The molecule has 0 aromatic heterocycles. The molecule has 0 spiro atoms. The molecule has 3 N–H and O–H groups in total. The zero-order valence-corrected chi connectivity index (χ0v) is 10.4. The SMILES string of the molecule is C#CC(CC)NS(=O)(=O)c1c(F)cc(N)cc1F. The van der Waals surface area contributed by atoms with Crippen molar-refractivity contribution in [3.05, 3.63) is 23.8 Å². The van der Waals surface area contributed by atoms with E-state index in [2.05, 4.69) is 5.92 Å². The van der Waals surface area contributed by atoms with Crippen molar-refractivity contribution in [3.63, 3.8) is 0 Å². The molecule has 0 bridgehead atoms. The highest BCUT2D eigenvalue weighted by Crippen LogP contribution is 2.21. The number of halogens is 2. The first-order valence-electron chi connectivity index (χ1n) is 5.04. The molecule has 0 saturated carbocycles. The number of sulfonamides is 1. The summed E-state index contributed by atoms with van der Waals surface area (Å²) in [6, 6.07) is 0.634. The molecule has 0 amide bonds. The van der Waals surface area contributed by atoms with Crippen LogP contribution in [0.25, 0.3) is 0 Å². The fraction of sp³-hybridized carbons (Fsp3) is 0.273. The fourth-order valence-electron chi connectivity index (χ4n) is 1.32. The Bertz CT molecular complexity index is 571. The third kappa shape index (κ3) is 2.97. The summed E-state index contributed by atoms with van der Waals surface area (Å²) in [5.41, 5.74) is 5.00. The van der Waals surface area contributed by atoms with Gasteiger partial charge in [0.1, 0.15) is 11.6 Å². The third-order valence-electron chi connectivity index (χ3n) is 2.20. The van der Waals surface area contributed by atoms with Crippen molar-refractivity contribution in [1.82, 2.24) is 4.72 Å². The van der Waals surface area contributed by atoms with Crippen LogP contribution in [-0.2, 0) is 10.0 Å². The van der Waals surface area contributed by atoms with Gasteiger partial charge in [-0.25, -0.2) is 17.2 Å². The quantitative estimate of drug-likeness (QED) is 0.641. The molecule has 0 aliphatic rings. The van der Waals surface area contributed by atoms with Crippen LogP contribution in [0.3, 0.4) is 0 Å². The van der Waals surface area contributed by atoms with E-state index in [1.54, 1.807) is 6.92 Å². The zero-order chi connectivity index (χ0) is 13.9. The van der Waals surface area contributed by atoms with Crippen LogP contribution in [0.4, 0.5) is 14.5 Å². The van der Waals surface area contributed by atoms with Crippen molar-refractivity contribution < 1.29 is 17.2 Å². The van der Waals surface area contributed by atoms with Crippen LogP contribution in [0.5, 0.6) is 0 Å². The molecular weight excluding hydrogens is 262 g/mol. The van der Waals surface area contributed by atoms with Crippen molar-refractivity contribution >= 4 is 15.7 Å². The fourth-order valence-corrected chi connectivity index (χ4v) is 2.68. The molecule has 7 heteroatoms. The van der Waals surface area contributed by atoms with Gasteiger partial charge in [0, 0.05) is 5.69 Å². The maximum absolute atomic E-state index is 13.5. The smallest absolute Gasteiger partial charge is 0.247 e. The zero-order valence-electron chi connectivity index (χ0n) is 9.57. The summed E-state index contributed by atoms with van der Waals surface area (Å²) in [4.78, 5) is -1.08. The Morgan fingerprint density at radius 1 is 1.44 bits per heavy atom. The molecule has 0 heterocycles. The molecule has 0 aliphatic heterocycles. The maximum Gasteiger partial charge on any atom is 0.247 e. The summed E-state index contributed by atoms with van der Waals surface area (Å²) in [5.74, 6) is -0.347. The van der Waals surface area contributed by atoms with E-state index in [-0.39, 0.29) is 5.69 Å². The lowest BCUT2D eigenvalue weighted by Gasteiger charge is -2.12. The number of hydrogen-bond donors (Lipinski definition) is 2. The van der Waals surface area contributed by atoms with Crippen molar-refractivity contribution in [3.8, 4) is 12.3 Å². The Morgan fingerprint density at radius 3 is 2.33 bits per heavy atom. The minimum absolute atomic E-state index is 0.201. The minimum Gasteiger partial charge on any atom is -0.399 e. The highest BCUT2D eigenvalue weighted by atomic mass is 32.2. The standard InChI is InChI=1S/C11H12F2N2O2S/c1-3-8(4-2)15-18(16,17)11-9(12)5-7(14)6-10(11)13/h1,5-6,8,15H,4,14H2,2H3. The Kier molecular flexibility index (Phi) is 4.27. The highest BCUT2D eigenvalue weighted by molar-refractivity contribution is 7.89. The molecule has 18 heavy (non-hydrogen) atoms. The molecular formula is C11H12F2N2O2S. The summed E-state index contributed by atoms with van der Waals surface area (Å²) in [6.45, 7) is 1.64. The Labute approximate surface area is 104 Å². The average Bonchev–Trinajstić information content (AvgIpc) is 2.23. The normalized spacial score (nSPS) is 13.0. The monoisotopic (exact) mass is 274 g/mol. The first-order valence-corrected chi connectivity index (χ1v) is 6.53. The van der Waals surface area contributed by atoms with Gasteiger partial charge in [-0.15, -0.1) is 6.42 Å². The summed E-state index contributed by atoms with van der Waals surface area (Å²) >= 11 is 0. The number of nitrogen functional groups attached to an aromatic ring is 1. The van der Waals surface area contributed by atoms with E-state index in [4.69, 9.17) is 12.2 Å². The van der Waals surface area contributed by atoms with Gasteiger partial charge in [0.05, 0.1) is 6.04 Å². The maximum atomic E-state index is 13.5. The van der Waals surface area contributed by atoms with Crippen LogP contribution in [0.15, 0.2) is 17.0 Å². The number of hydrogen-bond acceptors (Lipinski definition) is 3. The van der Waals surface area contributed by atoms with Crippen molar-refractivity contribution in [2.24, 2.45) is 0 Å². The van der Waals surface area contributed by atoms with Crippen LogP contribution in [0, 0.1) is 24.0 Å². The van der Waals surface area contributed by atoms with Gasteiger partial charge < -0.3 is 5.73 Å². The third-order valence-corrected chi connectivity index (χ3v) is 3.72. The second-order valence-corrected chi connectivity index (χ2v) is 5.21. The average molecular weight is 274 g/mol. The van der Waals surface area contributed by atoms with Crippen LogP contribution < -0.4 is 10.5 Å². The molecule has 4 nitrogen and oxygen atoms in total. The van der Waals surface area contributed by atoms with Crippen LogP contribution >= 0.6 is 0 Å². The van der Waals surface area contributed by atoms with E-state index in [0.29, 0.717) is 6.42 Å². The van der Waals surface area contributed by atoms with Crippen molar-refractivity contribution in [2.45, 2.75) is 24.3 Å². The summed E-state index contributed by atoms with van der Waals surface area (Å²) in [7, 11) is -4.36. The second kappa shape index (κ2) is 5.33. The number of anilines is 1. The molecule has 0 saturated heterocycles. The van der Waals surface area contributed by atoms with Crippen molar-refractivity contribution in [2.75, 3.05) is 5.73 Å². The predicted molar refractivity (Wildman–Crippen MR) is 64.0 cm³/mol. The molecule has 1 aromatic carbocycles. The highest BCUT2D eigenvalue weighted by Gasteiger charge is 2.26. The summed E-state index contributed by atoms with van der Waals surface area (Å²) in [6.07, 6.45) is 5.38. The van der Waals surface area contributed by atoms with Crippen LogP contribution in [0.2, 0.25) is 0 Å². The van der Waals surface area contributed by atoms with Gasteiger partial charge >= 0.3 is 0 Å². The summed E-state index contributed by atoms with van der Waals surface area (Å²) < 4.78 is 52.5. The second-order valence-electron chi connectivity index (χ2n) is 3.56. The molecule has 1 rings (SSSR count). The van der Waals surface area contributed by atoms with E-state index in [1.165, 1.54) is 0 Å². The van der Waals surface area contributed by atoms with Crippen molar-refractivity contribution in [1.29, 1.82) is 0 Å². The number of benzene rings is 1. The van der Waals surface area contributed by atoms with Crippen LogP contribution in [-0.4, -0.2) is 14.5 Å². The van der Waals surface area contributed by atoms with E-state index >= 15 is 0 Å². The molecule has 98 valence electrons. The van der Waals surface area contributed by atoms with Gasteiger partial charge in [-0.1, -0.05) is 12.8 Å². The van der Waals surface area contributed by atoms with Crippen LogP contribution in [0.1, 0.15) is 13.3 Å². The lowest BCUT2D eigenvalue weighted by atomic mass is 10.3. The topological polar surface area (TPSA) is 72.2 Å². The number of nitrogens with two attached hydrogens (primary N) is 1. The number of terminal acetylenes is 1. The Morgan fingerprint density at radius 2 is 1.94 bits per heavy atom. The number of rotatable bonds is 4. The van der Waals surface area contributed by atoms with Gasteiger partial charge in [0.25, 0.3) is 0 Å². The Balaban J connectivity index is 3.26. The molecule has 0 fully saturated rings. The van der Waals surface area contributed by atoms with Gasteiger partial charge in [-0.05, 0) is 18.6 Å². The molecule has 1 unspecified atom stereocenters. The lowest BCUT2D eigenvalue weighted by molar-refractivity contribution is 0.511. The molecule has 1 aromatic rings. The molecule has 0 radical (unpaired) electrons. The first kappa shape index (κ1) is 14.4. The van der Waals surface area contributed by atoms with E-state index in [1.807, 2.05) is 4.72 Å². The minimum atomic E-state index is -4.36. The predicted octanol–water partition coefficient (Wildman–Crippen LogP) is 1.24. The van der Waals surface area contributed by atoms with Gasteiger partial charge in [-0.2, -0.15) is 4.72 Å². The van der Waals surface area contributed by atoms with E-state index in [9.17, 15) is 17.2 Å². The van der Waals surface area contributed by atoms with Gasteiger partial charge in [0.15, 0.2) is 4.90 Å². The Hall–Kier alpha value is -1.65. The van der Waals surface area contributed by atoms with E-state index in [0.717, 1.165) is 12.1 Å². The van der Waals surface area contributed by atoms with Gasteiger partial charge in [0.2, 0.25) is 10.0 Å². The van der Waals surface area contributed by atoms with Gasteiger partial charge in [-0.3, -0.25) is 0 Å². The lowest BCUT2D eigenvalue weighted by Crippen LogP contribution is -2.34.